The van der Waals surface area contributed by atoms with Crippen LogP contribution < -0.4 is 11.2 Å². The topological polar surface area (TPSA) is 93.5 Å². The number of aromatic nitrogens is 2. The molecule has 0 amide bonds. The smallest absolute Gasteiger partial charge is 0.328 e. The van der Waals surface area contributed by atoms with Crippen LogP contribution in [0, 0.1) is 11.7 Å². The third-order valence-corrected chi connectivity index (χ3v) is 4.07. The van der Waals surface area contributed by atoms with Gasteiger partial charge in [0.15, 0.2) is 5.79 Å². The lowest BCUT2D eigenvalue weighted by Gasteiger charge is -2.23. The fraction of sp³-hybridized carbons (Fsp3) is 0.692. The number of aromatic amines is 1. The molecule has 0 spiro atoms. The van der Waals surface area contributed by atoms with E-state index in [2.05, 4.69) is 0 Å². The molecule has 1 aliphatic carbocycles. The minimum atomic E-state index is -1.05. The van der Waals surface area contributed by atoms with Crippen LogP contribution in [0.25, 0.3) is 0 Å². The van der Waals surface area contributed by atoms with Gasteiger partial charge in [0.05, 0.1) is 18.3 Å². The minimum absolute atomic E-state index is 0.113. The molecule has 3 rings (SSSR count). The predicted molar refractivity (Wildman–Crippen MR) is 69.3 cm³/mol. The van der Waals surface area contributed by atoms with Crippen molar-refractivity contribution < 1.29 is 19.0 Å². The summed E-state index contributed by atoms with van der Waals surface area (Å²) < 4.78 is 26.1. The second-order valence-electron chi connectivity index (χ2n) is 5.95. The summed E-state index contributed by atoms with van der Waals surface area (Å²) in [7, 11) is 0. The molecule has 8 heteroatoms. The van der Waals surface area contributed by atoms with Gasteiger partial charge in [0.1, 0.15) is 6.10 Å². The molecule has 2 N–H and O–H groups in total. The van der Waals surface area contributed by atoms with E-state index in [4.69, 9.17) is 9.47 Å². The van der Waals surface area contributed by atoms with Crippen molar-refractivity contribution in [2.24, 2.45) is 5.92 Å². The van der Waals surface area contributed by atoms with Crippen molar-refractivity contribution in [2.75, 3.05) is 6.61 Å². The van der Waals surface area contributed by atoms with Gasteiger partial charge in [0.25, 0.3) is 5.56 Å². The molecule has 2 heterocycles. The van der Waals surface area contributed by atoms with Gasteiger partial charge < -0.3 is 14.6 Å². The van der Waals surface area contributed by atoms with E-state index in [1.165, 1.54) is 0 Å². The quantitative estimate of drug-likeness (QED) is 0.785. The van der Waals surface area contributed by atoms with E-state index in [1.807, 2.05) is 4.98 Å². The molecule has 2 aliphatic rings. The molecule has 1 aliphatic heterocycles. The highest BCUT2D eigenvalue weighted by atomic mass is 19.1. The average molecular weight is 300 g/mol. The Labute approximate surface area is 119 Å². The third-order valence-electron chi connectivity index (χ3n) is 4.07. The van der Waals surface area contributed by atoms with Gasteiger partial charge >= 0.3 is 5.69 Å². The number of nitrogens with one attached hydrogen (secondary N) is 1. The van der Waals surface area contributed by atoms with E-state index in [9.17, 15) is 19.1 Å². The molecular formula is C13H17FN2O5. The minimum Gasteiger partial charge on any atom is -0.396 e. The van der Waals surface area contributed by atoms with Gasteiger partial charge in [0, 0.05) is 12.5 Å². The van der Waals surface area contributed by atoms with Crippen molar-refractivity contribution in [1.29, 1.82) is 0 Å². The number of aliphatic hydroxyl groups excluding tert-OH is 1. The first-order valence-electron chi connectivity index (χ1n) is 6.80. The molecular weight excluding hydrogens is 283 g/mol. The van der Waals surface area contributed by atoms with Crippen molar-refractivity contribution in [1.82, 2.24) is 9.55 Å². The standard InChI is InChI=1S/C13H17FN2O5/c1-13(2)20-9-6(5-17)3-8(10(9)21-13)16-4-7(14)11(18)15-12(16)19/h4,6,8-10,17H,3,5H2,1-2H3,(H,15,18,19). The fourth-order valence-corrected chi connectivity index (χ4v) is 3.22. The Kier molecular flexibility index (Phi) is 3.27. The molecule has 2 fully saturated rings. The average Bonchev–Trinajstić information content (AvgIpc) is 2.87. The maximum Gasteiger partial charge on any atom is 0.328 e. The normalized spacial score (nSPS) is 34.1. The summed E-state index contributed by atoms with van der Waals surface area (Å²) in [5.74, 6) is -2.06. The second kappa shape index (κ2) is 4.75. The van der Waals surface area contributed by atoms with Gasteiger partial charge in [-0.1, -0.05) is 0 Å². The Hall–Kier alpha value is -1.51. The molecule has 0 bridgehead atoms. The van der Waals surface area contributed by atoms with Crippen LogP contribution in [0.5, 0.6) is 0 Å². The summed E-state index contributed by atoms with van der Waals surface area (Å²) in [5.41, 5.74) is -1.74. The highest BCUT2D eigenvalue weighted by Gasteiger charge is 2.54. The van der Waals surface area contributed by atoms with Gasteiger partial charge in [-0.25, -0.2) is 4.79 Å². The van der Waals surface area contributed by atoms with Crippen LogP contribution in [0.3, 0.4) is 0 Å². The summed E-state index contributed by atoms with van der Waals surface area (Å²) in [5, 5.41) is 9.46. The van der Waals surface area contributed by atoms with E-state index in [-0.39, 0.29) is 18.6 Å². The van der Waals surface area contributed by atoms with E-state index in [0.29, 0.717) is 6.42 Å². The lowest BCUT2D eigenvalue weighted by molar-refractivity contribution is -0.161. The third kappa shape index (κ3) is 2.33. The summed E-state index contributed by atoms with van der Waals surface area (Å²) in [6.07, 6.45) is 0.460. The zero-order valence-corrected chi connectivity index (χ0v) is 11.7. The Morgan fingerprint density at radius 3 is 2.76 bits per heavy atom. The number of halogens is 1. The van der Waals surface area contributed by atoms with Crippen LogP contribution in [0.4, 0.5) is 4.39 Å². The van der Waals surface area contributed by atoms with Crippen molar-refractivity contribution in [3.05, 3.63) is 32.9 Å². The van der Waals surface area contributed by atoms with Crippen LogP contribution in [0.15, 0.2) is 15.8 Å². The molecule has 7 nitrogen and oxygen atoms in total. The Morgan fingerprint density at radius 1 is 1.43 bits per heavy atom. The lowest BCUT2D eigenvalue weighted by Crippen LogP contribution is -2.38. The zero-order valence-electron chi connectivity index (χ0n) is 11.7. The number of nitrogens with zero attached hydrogens (tertiary/aromatic N) is 1. The second-order valence-corrected chi connectivity index (χ2v) is 5.95. The Bertz CT molecular complexity index is 667. The van der Waals surface area contributed by atoms with E-state index in [1.54, 1.807) is 13.8 Å². The first kappa shape index (κ1) is 14.4. The number of aliphatic hydroxyl groups is 1. The Morgan fingerprint density at radius 2 is 2.10 bits per heavy atom. The number of rotatable bonds is 2. The molecule has 4 atom stereocenters. The van der Waals surface area contributed by atoms with Crippen LogP contribution in [0.2, 0.25) is 0 Å². The van der Waals surface area contributed by atoms with Crippen molar-refractivity contribution >= 4 is 0 Å². The highest BCUT2D eigenvalue weighted by molar-refractivity contribution is 5.03. The Balaban J connectivity index is 2.01. The number of hydrogen-bond donors (Lipinski definition) is 2. The number of fused-ring (bicyclic) bond motifs is 1. The van der Waals surface area contributed by atoms with Gasteiger partial charge in [-0.05, 0) is 20.3 Å². The molecule has 0 aromatic carbocycles. The first-order valence-corrected chi connectivity index (χ1v) is 6.80. The molecule has 1 saturated heterocycles. The number of H-pyrrole nitrogens is 1. The van der Waals surface area contributed by atoms with Crippen molar-refractivity contribution in [3.63, 3.8) is 0 Å². The summed E-state index contributed by atoms with van der Waals surface area (Å²) in [6, 6.07) is -0.493. The highest BCUT2D eigenvalue weighted by Crippen LogP contribution is 2.46. The molecule has 21 heavy (non-hydrogen) atoms. The largest absolute Gasteiger partial charge is 0.396 e. The van der Waals surface area contributed by atoms with Crippen molar-refractivity contribution in [2.45, 2.75) is 44.3 Å². The molecule has 1 saturated carbocycles. The van der Waals surface area contributed by atoms with Crippen molar-refractivity contribution in [3.8, 4) is 0 Å². The van der Waals surface area contributed by atoms with Gasteiger partial charge in [0.2, 0.25) is 5.82 Å². The number of hydrogen-bond acceptors (Lipinski definition) is 5. The monoisotopic (exact) mass is 300 g/mol. The van der Waals surface area contributed by atoms with Crippen LogP contribution >= 0.6 is 0 Å². The fourth-order valence-electron chi connectivity index (χ4n) is 3.22. The molecule has 0 radical (unpaired) electrons. The molecule has 116 valence electrons. The predicted octanol–water partition coefficient (Wildman–Crippen LogP) is -0.251. The summed E-state index contributed by atoms with van der Waals surface area (Å²) in [6.45, 7) is 3.37. The van der Waals surface area contributed by atoms with E-state index in [0.717, 1.165) is 10.8 Å². The van der Waals surface area contributed by atoms with Crippen LogP contribution in [0.1, 0.15) is 26.3 Å². The van der Waals surface area contributed by atoms with Crippen LogP contribution in [-0.4, -0.2) is 39.3 Å². The molecule has 1 aromatic rings. The van der Waals surface area contributed by atoms with Gasteiger partial charge in [-0.15, -0.1) is 0 Å². The maximum atomic E-state index is 13.5. The number of ether oxygens (including phenoxy) is 2. The molecule has 4 unspecified atom stereocenters. The summed E-state index contributed by atoms with van der Waals surface area (Å²) in [4.78, 5) is 25.0. The zero-order chi connectivity index (χ0) is 15.4. The maximum absolute atomic E-state index is 13.5. The van der Waals surface area contributed by atoms with Gasteiger partial charge in [-0.2, -0.15) is 4.39 Å². The molecule has 1 aromatic heterocycles. The lowest BCUT2D eigenvalue weighted by atomic mass is 10.1. The van der Waals surface area contributed by atoms with E-state index >= 15 is 0 Å². The van der Waals surface area contributed by atoms with Crippen LogP contribution in [-0.2, 0) is 9.47 Å². The SMILES string of the molecule is CC1(C)OC2C(CO)CC(n3cc(F)c(=O)[nH]c3=O)C2O1. The summed E-state index contributed by atoms with van der Waals surface area (Å²) >= 11 is 0. The van der Waals surface area contributed by atoms with E-state index < -0.39 is 35.0 Å². The first-order chi connectivity index (χ1) is 9.82. The van der Waals surface area contributed by atoms with Gasteiger partial charge in [-0.3, -0.25) is 14.3 Å².